The first-order valence-electron chi connectivity index (χ1n) is 2.83. The molecule has 1 atom stereocenters. The Hall–Kier alpha value is -1.43. The molecule has 1 aliphatic heterocycles. The molecule has 0 aromatic carbocycles. The SMILES string of the molecule is N[C@@]1(C(=O)O)CC(=O)NC1=O. The van der Waals surface area contributed by atoms with E-state index in [2.05, 4.69) is 0 Å². The van der Waals surface area contributed by atoms with Gasteiger partial charge in [0.25, 0.3) is 5.91 Å². The molecular formula is C5H6N2O4. The van der Waals surface area contributed by atoms with Crippen molar-refractivity contribution in [2.45, 2.75) is 12.0 Å². The van der Waals surface area contributed by atoms with Gasteiger partial charge in [0, 0.05) is 0 Å². The minimum Gasteiger partial charge on any atom is -0.479 e. The van der Waals surface area contributed by atoms with E-state index in [0.717, 1.165) is 0 Å². The second-order valence-corrected chi connectivity index (χ2v) is 2.33. The van der Waals surface area contributed by atoms with Gasteiger partial charge in [0.1, 0.15) is 0 Å². The molecule has 1 saturated heterocycles. The first-order valence-corrected chi connectivity index (χ1v) is 2.83. The zero-order valence-corrected chi connectivity index (χ0v) is 5.46. The van der Waals surface area contributed by atoms with Gasteiger partial charge in [-0.15, -0.1) is 0 Å². The molecule has 0 spiro atoms. The van der Waals surface area contributed by atoms with E-state index in [-0.39, 0.29) is 0 Å². The Kier molecular flexibility index (Phi) is 1.41. The van der Waals surface area contributed by atoms with Gasteiger partial charge in [-0.3, -0.25) is 14.9 Å². The highest BCUT2D eigenvalue weighted by molar-refractivity contribution is 6.19. The molecule has 0 bridgehead atoms. The molecule has 0 unspecified atom stereocenters. The van der Waals surface area contributed by atoms with Crippen LogP contribution in [0.5, 0.6) is 0 Å². The molecule has 60 valence electrons. The number of imide groups is 1. The fourth-order valence-corrected chi connectivity index (χ4v) is 0.789. The van der Waals surface area contributed by atoms with E-state index in [1.165, 1.54) is 0 Å². The monoisotopic (exact) mass is 158 g/mol. The summed E-state index contributed by atoms with van der Waals surface area (Å²) in [6.45, 7) is 0. The molecule has 11 heavy (non-hydrogen) atoms. The Balaban J connectivity index is 2.96. The normalized spacial score (nSPS) is 30.3. The summed E-state index contributed by atoms with van der Waals surface area (Å²) in [7, 11) is 0. The van der Waals surface area contributed by atoms with Crippen LogP contribution in [0.4, 0.5) is 0 Å². The zero-order chi connectivity index (χ0) is 8.65. The molecular weight excluding hydrogens is 152 g/mol. The van der Waals surface area contributed by atoms with Crippen molar-refractivity contribution in [3.63, 3.8) is 0 Å². The van der Waals surface area contributed by atoms with Crippen LogP contribution in [-0.2, 0) is 14.4 Å². The molecule has 2 amide bonds. The van der Waals surface area contributed by atoms with Crippen LogP contribution in [0.15, 0.2) is 0 Å². The van der Waals surface area contributed by atoms with Crippen LogP contribution in [-0.4, -0.2) is 28.4 Å². The third-order valence-electron chi connectivity index (χ3n) is 1.48. The van der Waals surface area contributed by atoms with Gasteiger partial charge in [0.15, 0.2) is 0 Å². The van der Waals surface area contributed by atoms with Crippen LogP contribution >= 0.6 is 0 Å². The number of hydrogen-bond acceptors (Lipinski definition) is 4. The smallest absolute Gasteiger partial charge is 0.334 e. The van der Waals surface area contributed by atoms with Crippen LogP contribution in [0.3, 0.4) is 0 Å². The molecule has 1 fully saturated rings. The number of amides is 2. The van der Waals surface area contributed by atoms with E-state index >= 15 is 0 Å². The summed E-state index contributed by atoms with van der Waals surface area (Å²) in [5.41, 5.74) is 3.04. The molecule has 0 aliphatic carbocycles. The van der Waals surface area contributed by atoms with Crippen molar-refractivity contribution in [3.05, 3.63) is 0 Å². The van der Waals surface area contributed by atoms with E-state index in [4.69, 9.17) is 10.8 Å². The van der Waals surface area contributed by atoms with Gasteiger partial charge in [-0.1, -0.05) is 0 Å². The van der Waals surface area contributed by atoms with Crippen LogP contribution in [0.1, 0.15) is 6.42 Å². The van der Waals surface area contributed by atoms with E-state index in [1.54, 1.807) is 5.32 Å². The quantitative estimate of drug-likeness (QED) is 0.297. The number of carboxylic acid groups (broad SMARTS) is 1. The molecule has 1 rings (SSSR count). The number of aliphatic carboxylic acids is 1. The van der Waals surface area contributed by atoms with Gasteiger partial charge >= 0.3 is 5.97 Å². The Morgan fingerprint density at radius 3 is 2.36 bits per heavy atom. The van der Waals surface area contributed by atoms with Crippen molar-refractivity contribution in [2.75, 3.05) is 0 Å². The average molecular weight is 158 g/mol. The Morgan fingerprint density at radius 1 is 1.64 bits per heavy atom. The maximum atomic E-state index is 10.7. The van der Waals surface area contributed by atoms with Gasteiger partial charge in [-0.05, 0) is 0 Å². The topological polar surface area (TPSA) is 109 Å². The van der Waals surface area contributed by atoms with Gasteiger partial charge in [-0.25, -0.2) is 4.79 Å². The van der Waals surface area contributed by atoms with Gasteiger partial charge in [0.2, 0.25) is 11.4 Å². The number of carbonyl (C=O) groups is 3. The summed E-state index contributed by atoms with van der Waals surface area (Å²) < 4.78 is 0. The fourth-order valence-electron chi connectivity index (χ4n) is 0.789. The third kappa shape index (κ3) is 0.966. The van der Waals surface area contributed by atoms with E-state index in [0.29, 0.717) is 0 Å². The van der Waals surface area contributed by atoms with E-state index < -0.39 is 29.7 Å². The lowest BCUT2D eigenvalue weighted by molar-refractivity contribution is -0.147. The number of rotatable bonds is 1. The molecule has 6 heteroatoms. The predicted molar refractivity (Wildman–Crippen MR) is 32.3 cm³/mol. The van der Waals surface area contributed by atoms with Crippen molar-refractivity contribution in [2.24, 2.45) is 5.73 Å². The first-order chi connectivity index (χ1) is 4.97. The van der Waals surface area contributed by atoms with Crippen LogP contribution < -0.4 is 11.1 Å². The third-order valence-corrected chi connectivity index (χ3v) is 1.48. The number of hydrogen-bond donors (Lipinski definition) is 3. The van der Waals surface area contributed by atoms with E-state index in [9.17, 15) is 14.4 Å². The lowest BCUT2D eigenvalue weighted by atomic mass is 10.00. The minimum absolute atomic E-state index is 0.485. The van der Waals surface area contributed by atoms with Crippen LogP contribution in [0, 0.1) is 0 Å². The Bertz CT molecular complexity index is 249. The summed E-state index contributed by atoms with van der Waals surface area (Å²) in [5, 5.41) is 10.2. The summed E-state index contributed by atoms with van der Waals surface area (Å²) in [6, 6.07) is 0. The van der Waals surface area contributed by atoms with E-state index in [1.807, 2.05) is 0 Å². The summed E-state index contributed by atoms with van der Waals surface area (Å²) in [5.74, 6) is -3.09. The first kappa shape index (κ1) is 7.67. The minimum atomic E-state index is -2.06. The highest BCUT2D eigenvalue weighted by Crippen LogP contribution is 2.13. The molecule has 6 nitrogen and oxygen atoms in total. The molecule has 4 N–H and O–H groups in total. The summed E-state index contributed by atoms with van der Waals surface area (Å²) in [6.07, 6.45) is -0.485. The maximum Gasteiger partial charge on any atom is 0.334 e. The van der Waals surface area contributed by atoms with Gasteiger partial charge < -0.3 is 10.8 Å². The molecule has 1 aliphatic rings. The van der Waals surface area contributed by atoms with Crippen molar-refractivity contribution in [1.29, 1.82) is 0 Å². The predicted octanol–water partition coefficient (Wildman–Crippen LogP) is -2.19. The number of carbonyl (C=O) groups excluding carboxylic acids is 2. The number of nitrogens with one attached hydrogen (secondary N) is 1. The molecule has 0 aromatic heterocycles. The Labute approximate surface area is 61.4 Å². The lowest BCUT2D eigenvalue weighted by Crippen LogP contribution is -2.53. The largest absolute Gasteiger partial charge is 0.479 e. The Morgan fingerprint density at radius 2 is 2.18 bits per heavy atom. The summed E-state index contributed by atoms with van der Waals surface area (Å²) in [4.78, 5) is 31.5. The van der Waals surface area contributed by atoms with Gasteiger partial charge in [-0.2, -0.15) is 0 Å². The maximum absolute atomic E-state index is 10.7. The van der Waals surface area contributed by atoms with Crippen LogP contribution in [0.25, 0.3) is 0 Å². The van der Waals surface area contributed by atoms with Crippen molar-refractivity contribution < 1.29 is 19.5 Å². The van der Waals surface area contributed by atoms with Gasteiger partial charge in [0.05, 0.1) is 6.42 Å². The molecule has 0 saturated carbocycles. The molecule has 1 heterocycles. The fraction of sp³-hybridized carbons (Fsp3) is 0.400. The highest BCUT2D eigenvalue weighted by atomic mass is 16.4. The average Bonchev–Trinajstić information content (AvgIpc) is 2.08. The zero-order valence-electron chi connectivity index (χ0n) is 5.46. The standard InChI is InChI=1S/C5H6N2O4/c6-5(4(10)11)1-2(8)7-3(5)9/h1,6H2,(H,10,11)(H,7,8,9)/t5-/m0/s1. The number of carboxylic acids is 1. The molecule has 0 radical (unpaired) electrons. The second kappa shape index (κ2) is 2.03. The summed E-state index contributed by atoms with van der Waals surface area (Å²) >= 11 is 0. The van der Waals surface area contributed by atoms with Crippen molar-refractivity contribution >= 4 is 17.8 Å². The van der Waals surface area contributed by atoms with Crippen molar-refractivity contribution in [3.8, 4) is 0 Å². The van der Waals surface area contributed by atoms with Crippen LogP contribution in [0.2, 0.25) is 0 Å². The van der Waals surface area contributed by atoms with Crippen molar-refractivity contribution in [1.82, 2.24) is 5.32 Å². The molecule has 0 aromatic rings. The number of nitrogens with two attached hydrogens (primary N) is 1. The highest BCUT2D eigenvalue weighted by Gasteiger charge is 2.50. The second-order valence-electron chi connectivity index (χ2n) is 2.33. The lowest BCUT2D eigenvalue weighted by Gasteiger charge is -2.11.